The molecule has 0 radical (unpaired) electrons. The Kier molecular flexibility index (Phi) is 25.7. The van der Waals surface area contributed by atoms with Gasteiger partial charge in [0, 0.05) is 81.2 Å². The molecule has 424 valence electrons. The minimum Gasteiger partial charge on any atom is -0.480 e. The standard InChI is InChI=1S/C53H76N14O11/c1-31(68)63-39(19-10-24-60-52(56)57)47(73)65-41-22-21-36(69)15-5-7-18-42(50(76)77)66-46(72)34(27-35-30-62-38-17-8-6-16-37(35)38)29-44(70)33(14-9-23-59-51(54)55)28-45(71)43(26-32-12-3-2-4-13-32)67-48(74)40(64-49(41)75)20-11-25-61-53(58)78/h2-4,6,8,12-13,16-17,30,33-34,39-43,62H,5,7,9-11,14-15,18-29H2,1H3,(H,63,68)(H,64,75)(H,65,73)(H,66,72)(H,67,74)(H,76,77)(H4,54,55,59)(H4,56,57,60)(H3,58,61,78)/t33-,34-,39+,40+,41+,42+,43-/m1/s1. The van der Waals surface area contributed by atoms with E-state index < -0.39 is 108 Å². The Morgan fingerprint density at radius 3 is 2.05 bits per heavy atom. The summed E-state index contributed by atoms with van der Waals surface area (Å²) in [4.78, 5) is 148. The molecule has 2 aromatic carbocycles. The van der Waals surface area contributed by atoms with Crippen molar-refractivity contribution in [1.82, 2.24) is 36.9 Å². The summed E-state index contributed by atoms with van der Waals surface area (Å²) in [5.74, 6) is -9.13. The third kappa shape index (κ3) is 22.1. The zero-order chi connectivity index (χ0) is 57.1. The van der Waals surface area contributed by atoms with Crippen molar-refractivity contribution in [2.24, 2.45) is 50.5 Å². The molecule has 2 heterocycles. The van der Waals surface area contributed by atoms with Crippen LogP contribution in [0.25, 0.3) is 10.9 Å². The molecule has 1 saturated heterocycles. The summed E-state index contributed by atoms with van der Waals surface area (Å²) in [5, 5.41) is 26.8. The highest BCUT2D eigenvalue weighted by molar-refractivity contribution is 5.98. The van der Waals surface area contributed by atoms with Crippen LogP contribution >= 0.6 is 0 Å². The van der Waals surface area contributed by atoms with Gasteiger partial charge in [0.25, 0.3) is 0 Å². The number of guanidine groups is 2. The molecule has 4 rings (SSSR count). The molecule has 0 aliphatic carbocycles. The monoisotopic (exact) mass is 1080 g/mol. The number of carbonyl (C=O) groups is 10. The van der Waals surface area contributed by atoms with E-state index in [0.29, 0.717) is 11.1 Å². The summed E-state index contributed by atoms with van der Waals surface area (Å²) in [5.41, 5.74) is 29.5. The lowest BCUT2D eigenvalue weighted by Gasteiger charge is -2.27. The number of nitrogens with one attached hydrogen (secondary N) is 7. The van der Waals surface area contributed by atoms with Gasteiger partial charge >= 0.3 is 12.0 Å². The number of carbonyl (C=O) groups excluding carboxylic acids is 9. The maximum Gasteiger partial charge on any atom is 0.326 e. The number of aliphatic imine (C=N–C) groups is 2. The number of carboxylic acid groups (broad SMARTS) is 1. The van der Waals surface area contributed by atoms with Crippen LogP contribution in [0.2, 0.25) is 0 Å². The Balaban J connectivity index is 1.80. The minimum atomic E-state index is -1.48. The Morgan fingerprint density at radius 1 is 0.705 bits per heavy atom. The van der Waals surface area contributed by atoms with Gasteiger partial charge in [-0.15, -0.1) is 0 Å². The molecular weight excluding hydrogens is 1010 g/mol. The highest BCUT2D eigenvalue weighted by Gasteiger charge is 2.35. The lowest BCUT2D eigenvalue weighted by Crippen LogP contribution is -2.58. The molecule has 0 saturated carbocycles. The SMILES string of the molecule is CC(=O)N[C@@H](CCCN=C(N)N)C(=O)N[C@H]1CCC(=O)CCCC[C@@H](C(=O)O)NC(=O)[C@H](Cc2c[nH]c3ccccc23)CC(=O)[C@H](CCCN=C(N)N)CC(=O)[C@@H](Cc2ccccc2)NC(=O)[C@H](CCCNC(N)=O)NC1=O. The molecule has 0 unspecified atom stereocenters. The summed E-state index contributed by atoms with van der Waals surface area (Å²) in [6.07, 6.45) is 0.992. The third-order valence-electron chi connectivity index (χ3n) is 13.3. The van der Waals surface area contributed by atoms with Gasteiger partial charge in [0.1, 0.15) is 35.7 Å². The molecule has 1 fully saturated rings. The van der Waals surface area contributed by atoms with Gasteiger partial charge in [-0.2, -0.15) is 0 Å². The van der Waals surface area contributed by atoms with Gasteiger partial charge in [-0.3, -0.25) is 48.3 Å². The number of aliphatic carboxylic acids is 1. The number of carboxylic acids is 1. The van der Waals surface area contributed by atoms with Crippen LogP contribution in [0.5, 0.6) is 0 Å². The number of hydrogen-bond donors (Lipinski definition) is 13. The molecule has 1 aliphatic heterocycles. The van der Waals surface area contributed by atoms with Crippen LogP contribution in [0.4, 0.5) is 4.79 Å². The van der Waals surface area contributed by atoms with Gasteiger partial charge in [-0.05, 0) is 87.8 Å². The molecule has 7 amide bonds. The fourth-order valence-corrected chi connectivity index (χ4v) is 9.17. The number of amides is 7. The van der Waals surface area contributed by atoms with E-state index in [9.17, 15) is 53.1 Å². The van der Waals surface area contributed by atoms with Gasteiger partial charge in [0.05, 0.1) is 6.04 Å². The fraction of sp³-hybridized carbons (Fsp3) is 0.509. The Labute approximate surface area is 452 Å². The first-order chi connectivity index (χ1) is 37.2. The third-order valence-corrected chi connectivity index (χ3v) is 13.3. The molecule has 0 bridgehead atoms. The summed E-state index contributed by atoms with van der Waals surface area (Å²) in [6.45, 7) is 1.38. The maximum absolute atomic E-state index is 14.8. The first-order valence-electron chi connectivity index (χ1n) is 26.2. The van der Waals surface area contributed by atoms with Crippen molar-refractivity contribution in [3.05, 3.63) is 71.9 Å². The maximum atomic E-state index is 14.8. The largest absolute Gasteiger partial charge is 0.480 e. The number of para-hydroxylation sites is 1. The Hall–Kier alpha value is -8.38. The van der Waals surface area contributed by atoms with E-state index in [2.05, 4.69) is 46.9 Å². The van der Waals surface area contributed by atoms with Gasteiger partial charge < -0.3 is 70.7 Å². The zero-order valence-electron chi connectivity index (χ0n) is 44.1. The van der Waals surface area contributed by atoms with E-state index in [1.165, 1.54) is 6.92 Å². The number of nitrogens with zero attached hydrogens (tertiary/aromatic N) is 2. The summed E-state index contributed by atoms with van der Waals surface area (Å²) < 4.78 is 0. The van der Waals surface area contributed by atoms with Crippen molar-refractivity contribution in [1.29, 1.82) is 0 Å². The van der Waals surface area contributed by atoms with E-state index in [0.717, 1.165) is 10.9 Å². The van der Waals surface area contributed by atoms with Crippen molar-refractivity contribution in [2.45, 2.75) is 140 Å². The zero-order valence-corrected chi connectivity index (χ0v) is 44.1. The van der Waals surface area contributed by atoms with Gasteiger partial charge in [-0.1, -0.05) is 55.0 Å². The highest BCUT2D eigenvalue weighted by Crippen LogP contribution is 2.26. The molecule has 25 heteroatoms. The van der Waals surface area contributed by atoms with Gasteiger partial charge in [-0.25, -0.2) is 9.59 Å². The van der Waals surface area contributed by atoms with E-state index in [-0.39, 0.29) is 127 Å². The predicted octanol–water partition coefficient (Wildman–Crippen LogP) is 0.111. The van der Waals surface area contributed by atoms with Gasteiger partial charge in [0.15, 0.2) is 17.7 Å². The molecule has 1 aromatic heterocycles. The number of primary amides is 1. The predicted molar refractivity (Wildman–Crippen MR) is 291 cm³/mol. The number of ketones is 3. The van der Waals surface area contributed by atoms with E-state index in [1.54, 1.807) is 36.5 Å². The molecule has 25 nitrogen and oxygen atoms in total. The lowest BCUT2D eigenvalue weighted by atomic mass is 9.83. The summed E-state index contributed by atoms with van der Waals surface area (Å²) >= 11 is 0. The number of aromatic nitrogens is 1. The molecular formula is C53H76N14O11. The molecule has 3 aromatic rings. The normalized spacial score (nSPS) is 20.9. The smallest absolute Gasteiger partial charge is 0.326 e. The quantitative estimate of drug-likeness (QED) is 0.0406. The van der Waals surface area contributed by atoms with Crippen LogP contribution in [0.3, 0.4) is 0 Å². The topological polar surface area (TPSA) is 434 Å². The number of H-pyrrole nitrogens is 1. The number of Topliss-reactive ketones (excluding diaryl/α,β-unsaturated/α-hetero) is 3. The van der Waals surface area contributed by atoms with Crippen molar-refractivity contribution >= 4 is 81.7 Å². The van der Waals surface area contributed by atoms with Crippen molar-refractivity contribution in [3.63, 3.8) is 0 Å². The van der Waals surface area contributed by atoms with Crippen LogP contribution in [-0.4, -0.2) is 131 Å². The van der Waals surface area contributed by atoms with Crippen LogP contribution < -0.4 is 60.6 Å². The van der Waals surface area contributed by atoms with E-state index >= 15 is 0 Å². The average Bonchev–Trinajstić information content (AvgIpc) is 3.80. The molecule has 7 atom stereocenters. The number of fused-ring (bicyclic) bond motifs is 1. The molecule has 78 heavy (non-hydrogen) atoms. The lowest BCUT2D eigenvalue weighted by molar-refractivity contribution is -0.143. The minimum absolute atomic E-state index is 0.0145. The number of benzene rings is 2. The summed E-state index contributed by atoms with van der Waals surface area (Å²) in [6, 6.07) is 8.38. The fourth-order valence-electron chi connectivity index (χ4n) is 9.17. The van der Waals surface area contributed by atoms with Crippen LogP contribution in [0, 0.1) is 11.8 Å². The molecule has 1 aliphatic rings. The number of aromatic amines is 1. The second-order valence-electron chi connectivity index (χ2n) is 19.5. The Bertz CT molecular complexity index is 2620. The average molecular weight is 1090 g/mol. The molecule has 0 spiro atoms. The van der Waals surface area contributed by atoms with E-state index in [1.807, 2.05) is 24.3 Å². The number of hydrogen-bond acceptors (Lipinski definition) is 12. The second-order valence-corrected chi connectivity index (χ2v) is 19.5. The second kappa shape index (κ2) is 32.3. The van der Waals surface area contributed by atoms with E-state index in [4.69, 9.17) is 28.7 Å². The Morgan fingerprint density at radius 2 is 1.37 bits per heavy atom. The number of nitrogens with two attached hydrogens (primary N) is 5. The number of rotatable bonds is 20. The van der Waals surface area contributed by atoms with Crippen molar-refractivity contribution in [3.8, 4) is 0 Å². The highest BCUT2D eigenvalue weighted by atomic mass is 16.4. The van der Waals surface area contributed by atoms with Crippen LogP contribution in [-0.2, 0) is 56.0 Å². The van der Waals surface area contributed by atoms with Crippen LogP contribution in [0.1, 0.15) is 108 Å². The van der Waals surface area contributed by atoms with Crippen LogP contribution in [0.15, 0.2) is 70.8 Å². The number of urea groups is 1. The first-order valence-corrected chi connectivity index (χ1v) is 26.2. The van der Waals surface area contributed by atoms with Crippen molar-refractivity contribution in [2.75, 3.05) is 19.6 Å². The summed E-state index contributed by atoms with van der Waals surface area (Å²) in [7, 11) is 0. The van der Waals surface area contributed by atoms with Crippen molar-refractivity contribution < 1.29 is 53.1 Å². The first kappa shape index (κ1) is 62.2. The van der Waals surface area contributed by atoms with Gasteiger partial charge in [0.2, 0.25) is 29.5 Å². The molecule has 18 N–H and O–H groups in total.